The topological polar surface area (TPSA) is 81.7 Å². The quantitative estimate of drug-likeness (QED) is 0.744. The van der Waals surface area contributed by atoms with Gasteiger partial charge in [-0.2, -0.15) is 0 Å². The van der Waals surface area contributed by atoms with Crippen LogP contribution in [0.4, 0.5) is 0 Å². The SMILES string of the molecule is CC(=O)OC(C)(C)CC(=O)NCC(=O)OC1CCCC1. The van der Waals surface area contributed by atoms with E-state index in [4.69, 9.17) is 9.47 Å². The maximum absolute atomic E-state index is 11.7. The average molecular weight is 285 g/mol. The lowest BCUT2D eigenvalue weighted by molar-refractivity contribution is -0.156. The molecule has 0 aliphatic heterocycles. The highest BCUT2D eigenvalue weighted by Crippen LogP contribution is 2.20. The minimum absolute atomic E-state index is 0.00288. The predicted molar refractivity (Wildman–Crippen MR) is 71.8 cm³/mol. The van der Waals surface area contributed by atoms with Crippen LogP contribution < -0.4 is 5.32 Å². The maximum Gasteiger partial charge on any atom is 0.325 e. The average Bonchev–Trinajstić information content (AvgIpc) is 2.76. The third-order valence-electron chi connectivity index (χ3n) is 3.04. The summed E-state index contributed by atoms with van der Waals surface area (Å²) in [6.07, 6.45) is 3.97. The van der Waals surface area contributed by atoms with Gasteiger partial charge in [0.25, 0.3) is 0 Å². The lowest BCUT2D eigenvalue weighted by Gasteiger charge is -2.23. The van der Waals surface area contributed by atoms with Crippen molar-refractivity contribution in [2.45, 2.75) is 64.6 Å². The van der Waals surface area contributed by atoms with E-state index in [1.165, 1.54) is 6.92 Å². The number of hydrogen-bond donors (Lipinski definition) is 1. The van der Waals surface area contributed by atoms with Crippen LogP contribution in [0.15, 0.2) is 0 Å². The van der Waals surface area contributed by atoms with Crippen LogP contribution >= 0.6 is 0 Å². The predicted octanol–water partition coefficient (Wildman–Crippen LogP) is 1.32. The summed E-state index contributed by atoms with van der Waals surface area (Å²) in [6, 6.07) is 0. The number of amides is 1. The third kappa shape index (κ3) is 6.54. The molecule has 1 aliphatic rings. The number of ether oxygens (including phenoxy) is 2. The van der Waals surface area contributed by atoms with Crippen LogP contribution in [0.1, 0.15) is 52.9 Å². The van der Waals surface area contributed by atoms with Gasteiger partial charge in [-0.25, -0.2) is 0 Å². The Labute approximate surface area is 119 Å². The van der Waals surface area contributed by atoms with E-state index in [1.54, 1.807) is 13.8 Å². The zero-order valence-electron chi connectivity index (χ0n) is 12.4. The van der Waals surface area contributed by atoms with Crippen molar-refractivity contribution in [3.05, 3.63) is 0 Å². The summed E-state index contributed by atoms with van der Waals surface area (Å²) in [5.41, 5.74) is -0.884. The van der Waals surface area contributed by atoms with E-state index in [0.717, 1.165) is 25.7 Å². The van der Waals surface area contributed by atoms with Gasteiger partial charge in [-0.05, 0) is 39.5 Å². The van der Waals surface area contributed by atoms with Crippen LogP contribution in [-0.4, -0.2) is 36.1 Å². The van der Waals surface area contributed by atoms with E-state index in [-0.39, 0.29) is 25.0 Å². The van der Waals surface area contributed by atoms with Gasteiger partial charge in [0.2, 0.25) is 5.91 Å². The smallest absolute Gasteiger partial charge is 0.325 e. The van der Waals surface area contributed by atoms with Crippen LogP contribution in [0.5, 0.6) is 0 Å². The normalized spacial score (nSPS) is 15.8. The standard InChI is InChI=1S/C14H23NO5/c1-10(16)20-14(2,3)8-12(17)15-9-13(18)19-11-6-4-5-7-11/h11H,4-9H2,1-3H3,(H,15,17). The molecule has 20 heavy (non-hydrogen) atoms. The minimum atomic E-state index is -0.884. The number of carbonyl (C=O) groups excluding carboxylic acids is 3. The van der Waals surface area contributed by atoms with Gasteiger partial charge in [0.15, 0.2) is 0 Å². The first-order valence-electron chi connectivity index (χ1n) is 6.94. The van der Waals surface area contributed by atoms with Crippen LogP contribution in [0, 0.1) is 0 Å². The lowest BCUT2D eigenvalue weighted by atomic mass is 10.0. The molecule has 1 amide bonds. The monoisotopic (exact) mass is 285 g/mol. The Morgan fingerprint density at radius 2 is 1.80 bits per heavy atom. The number of carbonyl (C=O) groups is 3. The highest BCUT2D eigenvalue weighted by Gasteiger charge is 2.25. The summed E-state index contributed by atoms with van der Waals surface area (Å²) in [6.45, 7) is 4.43. The van der Waals surface area contributed by atoms with Gasteiger partial charge in [-0.1, -0.05) is 0 Å². The molecule has 1 N–H and O–H groups in total. The molecule has 0 atom stereocenters. The van der Waals surface area contributed by atoms with Crippen LogP contribution in [0.25, 0.3) is 0 Å². The number of rotatable bonds is 6. The maximum atomic E-state index is 11.7. The fourth-order valence-electron chi connectivity index (χ4n) is 2.28. The van der Waals surface area contributed by atoms with Crippen LogP contribution in [-0.2, 0) is 23.9 Å². The molecule has 0 heterocycles. The molecule has 1 rings (SSSR count). The molecule has 1 fully saturated rings. The lowest BCUT2D eigenvalue weighted by Crippen LogP contribution is -2.38. The molecule has 6 nitrogen and oxygen atoms in total. The minimum Gasteiger partial charge on any atom is -0.461 e. The molecule has 0 aromatic heterocycles. The van der Waals surface area contributed by atoms with E-state index in [2.05, 4.69) is 5.32 Å². The molecule has 6 heteroatoms. The van der Waals surface area contributed by atoms with Crippen molar-refractivity contribution in [2.75, 3.05) is 6.54 Å². The first-order chi connectivity index (χ1) is 9.28. The Bertz CT molecular complexity index is 372. The van der Waals surface area contributed by atoms with Gasteiger partial charge < -0.3 is 14.8 Å². The summed E-state index contributed by atoms with van der Waals surface area (Å²) in [7, 11) is 0. The van der Waals surface area contributed by atoms with Gasteiger partial charge in [0.1, 0.15) is 18.2 Å². The van der Waals surface area contributed by atoms with Gasteiger partial charge in [-0.15, -0.1) is 0 Å². The number of esters is 2. The number of nitrogens with one attached hydrogen (secondary N) is 1. The second-order valence-corrected chi connectivity index (χ2v) is 5.70. The fourth-order valence-corrected chi connectivity index (χ4v) is 2.28. The van der Waals surface area contributed by atoms with E-state index in [9.17, 15) is 14.4 Å². The molecule has 1 saturated carbocycles. The van der Waals surface area contributed by atoms with Gasteiger partial charge in [0.05, 0.1) is 6.42 Å². The van der Waals surface area contributed by atoms with Crippen molar-refractivity contribution in [1.29, 1.82) is 0 Å². The van der Waals surface area contributed by atoms with E-state index in [0.29, 0.717) is 0 Å². The molecular formula is C14H23NO5. The summed E-state index contributed by atoms with van der Waals surface area (Å²) in [5.74, 6) is -1.21. The molecule has 0 radical (unpaired) electrons. The Kier molecular flexibility index (Phi) is 5.98. The molecule has 0 spiro atoms. The largest absolute Gasteiger partial charge is 0.461 e. The van der Waals surface area contributed by atoms with Crippen molar-refractivity contribution >= 4 is 17.8 Å². The molecule has 0 bridgehead atoms. The summed E-state index contributed by atoms with van der Waals surface area (Å²) >= 11 is 0. The number of hydrogen-bond acceptors (Lipinski definition) is 5. The first kappa shape index (κ1) is 16.5. The van der Waals surface area contributed by atoms with Crippen molar-refractivity contribution in [2.24, 2.45) is 0 Å². The molecule has 1 aliphatic carbocycles. The summed E-state index contributed by atoms with van der Waals surface area (Å²) in [5, 5.41) is 2.48. The molecular weight excluding hydrogens is 262 g/mol. The van der Waals surface area contributed by atoms with Crippen LogP contribution in [0.3, 0.4) is 0 Å². The highest BCUT2D eigenvalue weighted by molar-refractivity contribution is 5.82. The molecule has 0 unspecified atom stereocenters. The Morgan fingerprint density at radius 3 is 2.35 bits per heavy atom. The van der Waals surface area contributed by atoms with Gasteiger partial charge in [-0.3, -0.25) is 14.4 Å². The Hall–Kier alpha value is -1.59. The van der Waals surface area contributed by atoms with Gasteiger partial charge in [0, 0.05) is 6.92 Å². The van der Waals surface area contributed by atoms with E-state index >= 15 is 0 Å². The van der Waals surface area contributed by atoms with Crippen molar-refractivity contribution in [1.82, 2.24) is 5.32 Å². The van der Waals surface area contributed by atoms with Crippen molar-refractivity contribution in [3.63, 3.8) is 0 Å². The third-order valence-corrected chi connectivity index (χ3v) is 3.04. The molecule has 114 valence electrons. The molecule has 0 saturated heterocycles. The summed E-state index contributed by atoms with van der Waals surface area (Å²) < 4.78 is 10.2. The van der Waals surface area contributed by atoms with E-state index < -0.39 is 17.5 Å². The molecule has 0 aromatic rings. The second kappa shape index (κ2) is 7.26. The highest BCUT2D eigenvalue weighted by atomic mass is 16.6. The van der Waals surface area contributed by atoms with Crippen molar-refractivity contribution < 1.29 is 23.9 Å². The first-order valence-corrected chi connectivity index (χ1v) is 6.94. The Morgan fingerprint density at radius 1 is 1.20 bits per heavy atom. The Balaban J connectivity index is 2.24. The second-order valence-electron chi connectivity index (χ2n) is 5.70. The van der Waals surface area contributed by atoms with Crippen LogP contribution in [0.2, 0.25) is 0 Å². The van der Waals surface area contributed by atoms with E-state index in [1.807, 2.05) is 0 Å². The zero-order valence-corrected chi connectivity index (χ0v) is 12.4. The van der Waals surface area contributed by atoms with Gasteiger partial charge >= 0.3 is 11.9 Å². The zero-order chi connectivity index (χ0) is 15.2. The summed E-state index contributed by atoms with van der Waals surface area (Å²) in [4.78, 5) is 34.1. The molecule has 0 aromatic carbocycles. The van der Waals surface area contributed by atoms with Crippen molar-refractivity contribution in [3.8, 4) is 0 Å². The fraction of sp³-hybridized carbons (Fsp3) is 0.786.